The SMILES string of the molecule is CCCn1c(C)cc(C(=O)COC(=O)c2nc(-n3nc(C)cc3C)ccc2Cl)c1C. The van der Waals surface area contributed by atoms with Crippen molar-refractivity contribution in [1.82, 2.24) is 19.3 Å². The summed E-state index contributed by atoms with van der Waals surface area (Å²) in [6.07, 6.45) is 0.967. The summed E-state index contributed by atoms with van der Waals surface area (Å²) in [6.45, 7) is 10.2. The Morgan fingerprint density at radius 3 is 2.47 bits per heavy atom. The van der Waals surface area contributed by atoms with E-state index in [1.165, 1.54) is 0 Å². The van der Waals surface area contributed by atoms with Gasteiger partial charge in [0.05, 0.1) is 10.7 Å². The summed E-state index contributed by atoms with van der Waals surface area (Å²) in [6, 6.07) is 6.97. The molecule has 0 amide bonds. The van der Waals surface area contributed by atoms with E-state index < -0.39 is 5.97 Å². The third-order valence-corrected chi connectivity index (χ3v) is 5.21. The minimum absolute atomic E-state index is 0.0500. The molecule has 0 N–H and O–H groups in total. The number of carbonyl (C=O) groups is 2. The molecule has 0 aliphatic heterocycles. The van der Waals surface area contributed by atoms with Crippen LogP contribution in [0, 0.1) is 27.7 Å². The van der Waals surface area contributed by atoms with Crippen LogP contribution in [0.3, 0.4) is 0 Å². The van der Waals surface area contributed by atoms with E-state index in [9.17, 15) is 9.59 Å². The maximum absolute atomic E-state index is 12.6. The smallest absolute Gasteiger partial charge is 0.359 e. The fraction of sp³-hybridized carbons (Fsp3) is 0.364. The zero-order chi connectivity index (χ0) is 22.0. The molecule has 0 aliphatic rings. The maximum Gasteiger partial charge on any atom is 0.359 e. The average molecular weight is 429 g/mol. The van der Waals surface area contributed by atoms with Crippen LogP contribution in [0.2, 0.25) is 5.02 Å². The highest BCUT2D eigenvalue weighted by atomic mass is 35.5. The Bertz CT molecular complexity index is 1110. The Morgan fingerprint density at radius 1 is 1.10 bits per heavy atom. The van der Waals surface area contributed by atoms with Crippen LogP contribution in [0.5, 0.6) is 0 Å². The number of ether oxygens (including phenoxy) is 1. The lowest BCUT2D eigenvalue weighted by Crippen LogP contribution is -2.17. The highest BCUT2D eigenvalue weighted by Gasteiger charge is 2.20. The van der Waals surface area contributed by atoms with Crippen LogP contribution >= 0.6 is 11.6 Å². The Labute approximate surface area is 180 Å². The lowest BCUT2D eigenvalue weighted by Gasteiger charge is -2.09. The second kappa shape index (κ2) is 8.83. The fourth-order valence-corrected chi connectivity index (χ4v) is 3.66. The molecule has 3 aromatic heterocycles. The van der Waals surface area contributed by atoms with Crippen LogP contribution in [-0.2, 0) is 11.3 Å². The van der Waals surface area contributed by atoms with Crippen molar-refractivity contribution in [1.29, 1.82) is 0 Å². The monoisotopic (exact) mass is 428 g/mol. The first-order valence-electron chi connectivity index (χ1n) is 9.80. The van der Waals surface area contributed by atoms with Crippen molar-refractivity contribution in [3.05, 3.63) is 63.3 Å². The van der Waals surface area contributed by atoms with Gasteiger partial charge in [0.1, 0.15) is 0 Å². The molecule has 3 rings (SSSR count). The van der Waals surface area contributed by atoms with Gasteiger partial charge in [-0.2, -0.15) is 5.10 Å². The quantitative estimate of drug-likeness (QED) is 0.411. The topological polar surface area (TPSA) is 79.0 Å². The summed E-state index contributed by atoms with van der Waals surface area (Å²) in [4.78, 5) is 29.5. The van der Waals surface area contributed by atoms with Gasteiger partial charge in [-0.05, 0) is 58.4 Å². The van der Waals surface area contributed by atoms with Crippen molar-refractivity contribution < 1.29 is 14.3 Å². The van der Waals surface area contributed by atoms with E-state index in [1.54, 1.807) is 16.8 Å². The average Bonchev–Trinajstić information content (AvgIpc) is 3.19. The van der Waals surface area contributed by atoms with E-state index in [0.717, 1.165) is 35.7 Å². The molecule has 0 saturated carbocycles. The van der Waals surface area contributed by atoms with Crippen molar-refractivity contribution in [2.75, 3.05) is 6.61 Å². The van der Waals surface area contributed by atoms with Crippen LogP contribution in [-0.4, -0.2) is 37.7 Å². The van der Waals surface area contributed by atoms with Gasteiger partial charge in [0.25, 0.3) is 0 Å². The van der Waals surface area contributed by atoms with Crippen molar-refractivity contribution in [3.8, 4) is 5.82 Å². The molecule has 30 heavy (non-hydrogen) atoms. The molecule has 8 heteroatoms. The zero-order valence-corrected chi connectivity index (χ0v) is 18.6. The molecular formula is C22H25ClN4O3. The van der Waals surface area contributed by atoms with E-state index in [4.69, 9.17) is 16.3 Å². The van der Waals surface area contributed by atoms with Gasteiger partial charge in [-0.1, -0.05) is 18.5 Å². The van der Waals surface area contributed by atoms with E-state index in [-0.39, 0.29) is 23.1 Å². The van der Waals surface area contributed by atoms with E-state index in [2.05, 4.69) is 21.6 Å². The number of halogens is 1. The number of rotatable bonds is 7. The van der Waals surface area contributed by atoms with Gasteiger partial charge >= 0.3 is 5.97 Å². The first-order valence-corrected chi connectivity index (χ1v) is 10.2. The number of ketones is 1. The summed E-state index contributed by atoms with van der Waals surface area (Å²) in [5.74, 6) is -0.560. The summed E-state index contributed by atoms with van der Waals surface area (Å²) in [5, 5.41) is 4.51. The fourth-order valence-electron chi connectivity index (χ4n) is 3.48. The Hall–Kier alpha value is -2.93. The van der Waals surface area contributed by atoms with E-state index >= 15 is 0 Å². The molecule has 7 nitrogen and oxygen atoms in total. The second-order valence-corrected chi connectivity index (χ2v) is 7.68. The molecule has 0 saturated heterocycles. The van der Waals surface area contributed by atoms with Crippen LogP contribution in [0.25, 0.3) is 5.82 Å². The predicted octanol–water partition coefficient (Wildman–Crippen LogP) is 4.41. The molecule has 3 aromatic rings. The molecule has 0 bridgehead atoms. The van der Waals surface area contributed by atoms with E-state index in [0.29, 0.717) is 11.4 Å². The molecule has 0 aromatic carbocycles. The Morgan fingerprint density at radius 2 is 1.83 bits per heavy atom. The van der Waals surface area contributed by atoms with Gasteiger partial charge in [-0.15, -0.1) is 0 Å². The molecule has 0 radical (unpaired) electrons. The first kappa shape index (κ1) is 21.8. The summed E-state index contributed by atoms with van der Waals surface area (Å²) in [7, 11) is 0. The number of aromatic nitrogens is 4. The van der Waals surface area contributed by atoms with Gasteiger partial charge < -0.3 is 9.30 Å². The molecule has 3 heterocycles. The van der Waals surface area contributed by atoms with Crippen molar-refractivity contribution in [3.63, 3.8) is 0 Å². The molecule has 0 fully saturated rings. The molecule has 158 valence electrons. The maximum atomic E-state index is 12.6. The lowest BCUT2D eigenvalue weighted by atomic mass is 10.1. The molecular weight excluding hydrogens is 404 g/mol. The number of hydrogen-bond acceptors (Lipinski definition) is 5. The summed E-state index contributed by atoms with van der Waals surface area (Å²) in [5.41, 5.74) is 4.10. The third-order valence-electron chi connectivity index (χ3n) is 4.91. The van der Waals surface area contributed by atoms with Crippen LogP contribution in [0.1, 0.15) is 57.0 Å². The number of Topliss-reactive ketones (excluding diaryl/α,β-unsaturated/α-hetero) is 1. The number of carbonyl (C=O) groups excluding carboxylic acids is 2. The van der Waals surface area contributed by atoms with Gasteiger partial charge in [0.2, 0.25) is 5.78 Å². The number of aryl methyl sites for hydroxylation is 3. The largest absolute Gasteiger partial charge is 0.453 e. The summed E-state index contributed by atoms with van der Waals surface area (Å²) < 4.78 is 8.95. The van der Waals surface area contributed by atoms with Gasteiger partial charge in [-0.3, -0.25) is 4.79 Å². The Balaban J connectivity index is 1.77. The minimum atomic E-state index is -0.751. The lowest BCUT2D eigenvalue weighted by molar-refractivity contribution is 0.0469. The van der Waals surface area contributed by atoms with Gasteiger partial charge in [-0.25, -0.2) is 14.5 Å². The zero-order valence-electron chi connectivity index (χ0n) is 17.8. The van der Waals surface area contributed by atoms with Gasteiger partial charge in [0.15, 0.2) is 18.1 Å². The molecule has 0 atom stereocenters. The van der Waals surface area contributed by atoms with E-state index in [1.807, 2.05) is 39.8 Å². The van der Waals surface area contributed by atoms with Crippen LogP contribution in [0.4, 0.5) is 0 Å². The Kier molecular flexibility index (Phi) is 6.41. The van der Waals surface area contributed by atoms with Crippen molar-refractivity contribution in [2.45, 2.75) is 47.6 Å². The highest BCUT2D eigenvalue weighted by molar-refractivity contribution is 6.33. The normalized spacial score (nSPS) is 11.0. The second-order valence-electron chi connectivity index (χ2n) is 7.27. The molecule has 0 spiro atoms. The first-order chi connectivity index (χ1) is 14.2. The number of esters is 1. The van der Waals surface area contributed by atoms with Crippen LogP contribution < -0.4 is 0 Å². The standard InChI is InChI=1S/C22H25ClN4O3/c1-6-9-26-14(3)11-17(16(26)5)19(28)12-30-22(29)21-18(23)7-8-20(24-21)27-15(4)10-13(2)25-27/h7-8,10-11H,6,9,12H2,1-5H3. The third kappa shape index (κ3) is 4.31. The number of pyridine rings is 1. The van der Waals surface area contributed by atoms with Gasteiger partial charge in [0, 0.05) is 29.2 Å². The van der Waals surface area contributed by atoms with Crippen LogP contribution in [0.15, 0.2) is 24.3 Å². The number of nitrogens with zero attached hydrogens (tertiary/aromatic N) is 4. The van der Waals surface area contributed by atoms with Crippen molar-refractivity contribution in [2.24, 2.45) is 0 Å². The number of hydrogen-bond donors (Lipinski definition) is 0. The van der Waals surface area contributed by atoms with Crippen molar-refractivity contribution >= 4 is 23.4 Å². The molecule has 0 unspecified atom stereocenters. The molecule has 0 aliphatic carbocycles. The highest BCUT2D eigenvalue weighted by Crippen LogP contribution is 2.20. The predicted molar refractivity (Wildman–Crippen MR) is 115 cm³/mol. The minimum Gasteiger partial charge on any atom is -0.453 e. The summed E-state index contributed by atoms with van der Waals surface area (Å²) >= 11 is 6.16.